The highest BCUT2D eigenvalue weighted by Crippen LogP contribution is 2.31. The van der Waals surface area contributed by atoms with Gasteiger partial charge in [0.05, 0.1) is 11.4 Å². The Balaban J connectivity index is 1.56. The number of pyridine rings is 1. The second kappa shape index (κ2) is 6.41. The number of carbonyl (C=O) groups excluding carboxylic acids is 1. The lowest BCUT2D eigenvalue weighted by molar-refractivity contribution is 0.103. The maximum atomic E-state index is 12.6. The van der Waals surface area contributed by atoms with Crippen molar-refractivity contribution in [3.63, 3.8) is 0 Å². The zero-order chi connectivity index (χ0) is 16.5. The van der Waals surface area contributed by atoms with Crippen LogP contribution in [0, 0.1) is 6.92 Å². The summed E-state index contributed by atoms with van der Waals surface area (Å²) in [7, 11) is 0. The Morgan fingerprint density at radius 3 is 2.71 bits per heavy atom. The minimum atomic E-state index is -0.128. The molecule has 0 unspecified atom stereocenters. The van der Waals surface area contributed by atoms with E-state index in [1.807, 2.05) is 19.1 Å². The molecule has 1 aliphatic carbocycles. The van der Waals surface area contributed by atoms with Crippen molar-refractivity contribution in [1.82, 2.24) is 15.0 Å². The molecule has 3 heterocycles. The summed E-state index contributed by atoms with van der Waals surface area (Å²) in [5.74, 6) is -0.128. The van der Waals surface area contributed by atoms with Gasteiger partial charge in [0.1, 0.15) is 9.88 Å². The molecule has 7 heteroatoms. The third-order valence-electron chi connectivity index (χ3n) is 4.00. The number of rotatable bonds is 3. The van der Waals surface area contributed by atoms with E-state index in [0.29, 0.717) is 10.0 Å². The second-order valence-corrected chi connectivity index (χ2v) is 7.80. The molecule has 24 heavy (non-hydrogen) atoms. The van der Waals surface area contributed by atoms with Crippen molar-refractivity contribution < 1.29 is 4.79 Å². The topological polar surface area (TPSA) is 67.8 Å². The molecule has 4 rings (SSSR count). The fraction of sp³-hybridized carbons (Fsp3) is 0.294. The molecular formula is C17H16N4OS2. The maximum Gasteiger partial charge on any atom is 0.269 e. The number of aromatic nitrogens is 3. The standard InChI is InChI=1S/C17H16N4OS2/c1-10-14(24-16(19-10)11-6-8-18-9-7-11)15(22)21-17-20-12-4-2-3-5-13(12)23-17/h6-9H,2-5H2,1H3,(H,20,21,22). The lowest BCUT2D eigenvalue weighted by Crippen LogP contribution is -2.11. The average Bonchev–Trinajstić information content (AvgIpc) is 3.18. The fourth-order valence-corrected chi connectivity index (χ4v) is 4.80. The molecule has 1 N–H and O–H groups in total. The van der Waals surface area contributed by atoms with Gasteiger partial charge in [0.2, 0.25) is 0 Å². The molecule has 0 fully saturated rings. The van der Waals surface area contributed by atoms with Crippen molar-refractivity contribution in [2.75, 3.05) is 5.32 Å². The Kier molecular flexibility index (Phi) is 4.12. The highest BCUT2D eigenvalue weighted by molar-refractivity contribution is 7.18. The first-order chi connectivity index (χ1) is 11.7. The largest absolute Gasteiger partial charge is 0.297 e. The fourth-order valence-electron chi connectivity index (χ4n) is 2.78. The Hall–Kier alpha value is -2.12. The van der Waals surface area contributed by atoms with Gasteiger partial charge < -0.3 is 0 Å². The average molecular weight is 356 g/mol. The van der Waals surface area contributed by atoms with E-state index in [0.717, 1.165) is 34.8 Å². The van der Waals surface area contributed by atoms with E-state index < -0.39 is 0 Å². The predicted molar refractivity (Wildman–Crippen MR) is 96.8 cm³/mol. The van der Waals surface area contributed by atoms with Gasteiger partial charge in [-0.15, -0.1) is 22.7 Å². The number of carbonyl (C=O) groups is 1. The van der Waals surface area contributed by atoms with Gasteiger partial charge in [-0.25, -0.2) is 9.97 Å². The molecule has 0 atom stereocenters. The summed E-state index contributed by atoms with van der Waals surface area (Å²) >= 11 is 3.00. The van der Waals surface area contributed by atoms with Crippen LogP contribution in [0.25, 0.3) is 10.6 Å². The summed E-state index contributed by atoms with van der Waals surface area (Å²) in [6.45, 7) is 1.86. The minimum absolute atomic E-state index is 0.128. The molecule has 0 spiro atoms. The third kappa shape index (κ3) is 2.97. The van der Waals surface area contributed by atoms with Gasteiger partial charge in [-0.1, -0.05) is 0 Å². The highest BCUT2D eigenvalue weighted by atomic mass is 32.1. The molecule has 0 aliphatic heterocycles. The number of hydrogen-bond donors (Lipinski definition) is 1. The van der Waals surface area contributed by atoms with Crippen molar-refractivity contribution in [3.8, 4) is 10.6 Å². The second-order valence-electron chi connectivity index (χ2n) is 5.72. The first-order valence-electron chi connectivity index (χ1n) is 7.88. The summed E-state index contributed by atoms with van der Waals surface area (Å²) in [5, 5.41) is 4.48. The van der Waals surface area contributed by atoms with Crippen LogP contribution in [0.15, 0.2) is 24.5 Å². The van der Waals surface area contributed by atoms with Gasteiger partial charge in [-0.05, 0) is 44.7 Å². The van der Waals surface area contributed by atoms with Crippen LogP contribution in [-0.4, -0.2) is 20.9 Å². The van der Waals surface area contributed by atoms with E-state index in [-0.39, 0.29) is 5.91 Å². The zero-order valence-corrected chi connectivity index (χ0v) is 14.8. The SMILES string of the molecule is Cc1nc(-c2ccncc2)sc1C(=O)Nc1nc2c(s1)CCCC2. The van der Waals surface area contributed by atoms with E-state index in [9.17, 15) is 4.79 Å². The highest BCUT2D eigenvalue weighted by Gasteiger charge is 2.20. The van der Waals surface area contributed by atoms with Crippen molar-refractivity contribution in [1.29, 1.82) is 0 Å². The Morgan fingerprint density at radius 1 is 1.12 bits per heavy atom. The number of nitrogens with one attached hydrogen (secondary N) is 1. The van der Waals surface area contributed by atoms with E-state index in [4.69, 9.17) is 0 Å². The molecule has 3 aromatic heterocycles. The van der Waals surface area contributed by atoms with Gasteiger partial charge >= 0.3 is 0 Å². The summed E-state index contributed by atoms with van der Waals surface area (Å²) in [5.41, 5.74) is 2.87. The normalized spacial score (nSPS) is 13.5. The first kappa shape index (κ1) is 15.4. The lowest BCUT2D eigenvalue weighted by atomic mass is 10.0. The Labute approximate surface area is 147 Å². The Bertz CT molecular complexity index is 862. The first-order valence-corrected chi connectivity index (χ1v) is 9.52. The number of nitrogens with zero attached hydrogens (tertiary/aromatic N) is 3. The molecule has 0 radical (unpaired) electrons. The molecule has 1 aliphatic rings. The molecule has 122 valence electrons. The molecule has 3 aromatic rings. The number of amides is 1. The molecule has 1 amide bonds. The van der Waals surface area contributed by atoms with Crippen molar-refractivity contribution in [2.45, 2.75) is 32.6 Å². The number of anilines is 1. The number of aryl methyl sites for hydroxylation is 3. The monoisotopic (exact) mass is 356 g/mol. The van der Waals surface area contributed by atoms with Crippen LogP contribution in [0.1, 0.15) is 38.8 Å². The molecule has 0 bridgehead atoms. The summed E-state index contributed by atoms with van der Waals surface area (Å²) in [4.78, 5) is 27.7. The van der Waals surface area contributed by atoms with Crippen LogP contribution in [0.3, 0.4) is 0 Å². The van der Waals surface area contributed by atoms with Gasteiger partial charge in [0.15, 0.2) is 5.13 Å². The van der Waals surface area contributed by atoms with Crippen LogP contribution >= 0.6 is 22.7 Å². The van der Waals surface area contributed by atoms with Crippen LogP contribution in [-0.2, 0) is 12.8 Å². The smallest absolute Gasteiger partial charge is 0.269 e. The van der Waals surface area contributed by atoms with Gasteiger partial charge in [0, 0.05) is 22.8 Å². The van der Waals surface area contributed by atoms with Crippen LogP contribution in [0.2, 0.25) is 0 Å². The molecule has 0 saturated carbocycles. The van der Waals surface area contributed by atoms with Gasteiger partial charge in [0.25, 0.3) is 5.91 Å². The maximum absolute atomic E-state index is 12.6. The predicted octanol–water partition coefficient (Wildman–Crippen LogP) is 4.10. The number of hydrogen-bond acceptors (Lipinski definition) is 6. The van der Waals surface area contributed by atoms with Crippen LogP contribution in [0.4, 0.5) is 5.13 Å². The van der Waals surface area contributed by atoms with Crippen LogP contribution < -0.4 is 5.32 Å². The summed E-state index contributed by atoms with van der Waals surface area (Å²) in [6, 6.07) is 3.80. The van der Waals surface area contributed by atoms with Gasteiger partial charge in [-0.3, -0.25) is 15.1 Å². The molecule has 5 nitrogen and oxygen atoms in total. The quantitative estimate of drug-likeness (QED) is 0.767. The van der Waals surface area contributed by atoms with Crippen LogP contribution in [0.5, 0.6) is 0 Å². The Morgan fingerprint density at radius 2 is 1.92 bits per heavy atom. The van der Waals surface area contributed by atoms with Crippen molar-refractivity contribution in [3.05, 3.63) is 45.7 Å². The van der Waals surface area contributed by atoms with Crippen molar-refractivity contribution in [2.24, 2.45) is 0 Å². The summed E-state index contributed by atoms with van der Waals surface area (Å²) < 4.78 is 0. The van der Waals surface area contributed by atoms with E-state index in [1.54, 1.807) is 23.7 Å². The number of fused-ring (bicyclic) bond motifs is 1. The number of thiazole rings is 2. The minimum Gasteiger partial charge on any atom is -0.297 e. The van der Waals surface area contributed by atoms with E-state index in [1.165, 1.54) is 29.1 Å². The van der Waals surface area contributed by atoms with E-state index >= 15 is 0 Å². The van der Waals surface area contributed by atoms with E-state index in [2.05, 4.69) is 20.3 Å². The van der Waals surface area contributed by atoms with Crippen molar-refractivity contribution >= 4 is 33.7 Å². The van der Waals surface area contributed by atoms with Gasteiger partial charge in [-0.2, -0.15) is 0 Å². The third-order valence-corrected chi connectivity index (χ3v) is 6.27. The molecular weight excluding hydrogens is 340 g/mol. The molecule has 0 aromatic carbocycles. The summed E-state index contributed by atoms with van der Waals surface area (Å²) in [6.07, 6.45) is 7.96. The lowest BCUT2D eigenvalue weighted by Gasteiger charge is -2.06. The zero-order valence-electron chi connectivity index (χ0n) is 13.2. The molecule has 0 saturated heterocycles.